The van der Waals surface area contributed by atoms with Gasteiger partial charge in [0.15, 0.2) is 6.10 Å². The number of allylic oxidation sites excluding steroid dienone is 12. The molecule has 1 atom stereocenters. The van der Waals surface area contributed by atoms with Gasteiger partial charge < -0.3 is 14.2 Å². The fourth-order valence-corrected chi connectivity index (χ4v) is 8.64. The highest BCUT2D eigenvalue weighted by Crippen LogP contribution is 2.16. The first-order valence-electron chi connectivity index (χ1n) is 30.4. The fourth-order valence-electron chi connectivity index (χ4n) is 8.64. The molecule has 71 heavy (non-hydrogen) atoms. The van der Waals surface area contributed by atoms with E-state index in [1.165, 1.54) is 161 Å². The smallest absolute Gasteiger partial charge is 0.306 e. The molecule has 0 aromatic heterocycles. The van der Waals surface area contributed by atoms with Crippen LogP contribution in [0.2, 0.25) is 0 Å². The largest absolute Gasteiger partial charge is 0.462 e. The minimum Gasteiger partial charge on any atom is -0.462 e. The number of carbonyl (C=O) groups excluding carboxylic acids is 3. The van der Waals surface area contributed by atoms with Gasteiger partial charge in [0.2, 0.25) is 0 Å². The van der Waals surface area contributed by atoms with Gasteiger partial charge in [0, 0.05) is 19.3 Å². The summed E-state index contributed by atoms with van der Waals surface area (Å²) in [5.41, 5.74) is 0. The number of esters is 3. The van der Waals surface area contributed by atoms with Crippen LogP contribution in [0.15, 0.2) is 72.9 Å². The molecule has 0 aliphatic rings. The molecule has 0 bridgehead atoms. The van der Waals surface area contributed by atoms with Crippen molar-refractivity contribution in [2.24, 2.45) is 0 Å². The fraction of sp³-hybridized carbons (Fsp3) is 0.769. The molecule has 0 amide bonds. The second-order valence-corrected chi connectivity index (χ2v) is 20.2. The standard InChI is InChI=1S/C65H114O6/c1-4-7-10-13-16-18-20-22-24-26-28-29-30-31-32-33-34-35-37-38-40-42-44-46-49-52-55-58-64(67)70-61-62(60-69-63(66)57-54-51-48-15-12-9-6-3)71-65(68)59-56-53-50-47-45-43-41-39-36-27-25-23-21-19-17-14-11-8-5-2/h8,11,17,19-20,22-23,25-26,28,36,39,62H,4-7,9-10,12-16,18,21,24,27,29-35,37-38,40-61H2,1-3H3/b11-8-,19-17-,22-20-,25-23-,28-26-,39-36-. The minimum absolute atomic E-state index is 0.0792. The molecule has 0 rings (SSSR count). The first-order chi connectivity index (χ1) is 35.0. The van der Waals surface area contributed by atoms with E-state index in [1.54, 1.807) is 0 Å². The summed E-state index contributed by atoms with van der Waals surface area (Å²) in [4.78, 5) is 38.0. The van der Waals surface area contributed by atoms with Crippen LogP contribution in [0.25, 0.3) is 0 Å². The van der Waals surface area contributed by atoms with Gasteiger partial charge in [0.1, 0.15) is 13.2 Å². The maximum atomic E-state index is 12.8. The van der Waals surface area contributed by atoms with E-state index in [1.807, 2.05) is 0 Å². The molecule has 0 aromatic carbocycles. The van der Waals surface area contributed by atoms with Crippen molar-refractivity contribution in [3.8, 4) is 0 Å². The highest BCUT2D eigenvalue weighted by atomic mass is 16.6. The zero-order chi connectivity index (χ0) is 51.4. The second-order valence-electron chi connectivity index (χ2n) is 20.2. The van der Waals surface area contributed by atoms with Crippen LogP contribution >= 0.6 is 0 Å². The molecule has 0 aliphatic heterocycles. The Morgan fingerprint density at radius 2 is 0.549 bits per heavy atom. The summed E-state index contributed by atoms with van der Waals surface area (Å²) >= 11 is 0. The third-order valence-corrected chi connectivity index (χ3v) is 13.2. The average molecular weight is 992 g/mol. The summed E-state index contributed by atoms with van der Waals surface area (Å²) in [7, 11) is 0. The lowest BCUT2D eigenvalue weighted by atomic mass is 10.0. The number of carbonyl (C=O) groups is 3. The van der Waals surface area contributed by atoms with Crippen LogP contribution in [0.5, 0.6) is 0 Å². The summed E-state index contributed by atoms with van der Waals surface area (Å²) in [5.74, 6) is -0.890. The van der Waals surface area contributed by atoms with E-state index in [9.17, 15) is 14.4 Å². The number of hydrogen-bond donors (Lipinski definition) is 0. The first-order valence-corrected chi connectivity index (χ1v) is 30.4. The van der Waals surface area contributed by atoms with Crippen molar-refractivity contribution in [1.29, 1.82) is 0 Å². The SMILES string of the molecule is CC/C=C\C/C=C\C/C=C\C/C=C\CCCCCCCCC(=O)OC(COC(=O)CCCCCCCCC)COC(=O)CCCCCCCCCCCCCCCCC/C=C\C/C=C\CCCCCCC. The lowest BCUT2D eigenvalue weighted by Crippen LogP contribution is -2.30. The van der Waals surface area contributed by atoms with Gasteiger partial charge >= 0.3 is 17.9 Å². The van der Waals surface area contributed by atoms with E-state index in [2.05, 4.69) is 93.7 Å². The Balaban J connectivity index is 4.13. The highest BCUT2D eigenvalue weighted by Gasteiger charge is 2.19. The summed E-state index contributed by atoms with van der Waals surface area (Å²) in [6.07, 6.45) is 76.4. The highest BCUT2D eigenvalue weighted by molar-refractivity contribution is 5.71. The number of ether oxygens (including phenoxy) is 3. The van der Waals surface area contributed by atoms with Gasteiger partial charge in [0.25, 0.3) is 0 Å². The van der Waals surface area contributed by atoms with Gasteiger partial charge in [-0.1, -0.05) is 267 Å². The van der Waals surface area contributed by atoms with Crippen molar-refractivity contribution < 1.29 is 28.6 Å². The Bertz CT molecular complexity index is 1320. The first kappa shape index (κ1) is 67.8. The lowest BCUT2D eigenvalue weighted by molar-refractivity contribution is -0.167. The van der Waals surface area contributed by atoms with E-state index in [4.69, 9.17) is 14.2 Å². The number of unbranched alkanes of at least 4 members (excludes halogenated alkanes) is 32. The Morgan fingerprint density at radius 3 is 0.859 bits per heavy atom. The average Bonchev–Trinajstić information content (AvgIpc) is 3.37. The Labute approximate surface area is 440 Å². The Morgan fingerprint density at radius 1 is 0.296 bits per heavy atom. The molecule has 6 nitrogen and oxygen atoms in total. The molecular weight excluding hydrogens is 877 g/mol. The van der Waals surface area contributed by atoms with Crippen LogP contribution in [0.4, 0.5) is 0 Å². The third-order valence-electron chi connectivity index (χ3n) is 13.2. The molecule has 0 heterocycles. The summed E-state index contributed by atoms with van der Waals surface area (Å²) in [6.45, 7) is 6.49. The van der Waals surface area contributed by atoms with Gasteiger partial charge in [-0.2, -0.15) is 0 Å². The zero-order valence-electron chi connectivity index (χ0n) is 47.0. The topological polar surface area (TPSA) is 78.9 Å². The van der Waals surface area contributed by atoms with Crippen LogP contribution in [0.1, 0.15) is 303 Å². The molecule has 0 aliphatic carbocycles. The maximum Gasteiger partial charge on any atom is 0.306 e. The predicted octanol–water partition coefficient (Wildman–Crippen LogP) is 20.5. The van der Waals surface area contributed by atoms with Crippen molar-refractivity contribution in [2.75, 3.05) is 13.2 Å². The van der Waals surface area contributed by atoms with Gasteiger partial charge in [0.05, 0.1) is 0 Å². The molecule has 410 valence electrons. The van der Waals surface area contributed by atoms with Crippen molar-refractivity contribution in [1.82, 2.24) is 0 Å². The van der Waals surface area contributed by atoms with Gasteiger partial charge in [-0.3, -0.25) is 14.4 Å². The number of hydrogen-bond acceptors (Lipinski definition) is 6. The maximum absolute atomic E-state index is 12.8. The summed E-state index contributed by atoms with van der Waals surface area (Å²) < 4.78 is 16.8. The quantitative estimate of drug-likeness (QED) is 0.0261. The second kappa shape index (κ2) is 59.4. The van der Waals surface area contributed by atoms with Crippen LogP contribution in [-0.2, 0) is 28.6 Å². The Kier molecular flexibility index (Phi) is 56.8. The van der Waals surface area contributed by atoms with Crippen LogP contribution < -0.4 is 0 Å². The van der Waals surface area contributed by atoms with Gasteiger partial charge in [-0.15, -0.1) is 0 Å². The molecule has 0 saturated heterocycles. The van der Waals surface area contributed by atoms with E-state index in [0.29, 0.717) is 19.3 Å². The van der Waals surface area contributed by atoms with Crippen molar-refractivity contribution in [3.63, 3.8) is 0 Å². The van der Waals surface area contributed by atoms with Gasteiger partial charge in [-0.25, -0.2) is 0 Å². The molecular formula is C65H114O6. The van der Waals surface area contributed by atoms with E-state index in [-0.39, 0.29) is 31.1 Å². The van der Waals surface area contributed by atoms with E-state index < -0.39 is 6.10 Å². The monoisotopic (exact) mass is 991 g/mol. The normalized spacial score (nSPS) is 12.5. The number of rotatable bonds is 55. The summed E-state index contributed by atoms with van der Waals surface area (Å²) in [5, 5.41) is 0. The molecule has 6 heteroatoms. The minimum atomic E-state index is -0.780. The molecule has 0 fully saturated rings. The van der Waals surface area contributed by atoms with Crippen LogP contribution in [-0.4, -0.2) is 37.2 Å². The van der Waals surface area contributed by atoms with Crippen LogP contribution in [0, 0.1) is 0 Å². The van der Waals surface area contributed by atoms with E-state index >= 15 is 0 Å². The van der Waals surface area contributed by atoms with Crippen molar-refractivity contribution in [2.45, 2.75) is 309 Å². The molecule has 0 radical (unpaired) electrons. The molecule has 0 saturated carbocycles. The molecule has 0 spiro atoms. The lowest BCUT2D eigenvalue weighted by Gasteiger charge is -2.18. The van der Waals surface area contributed by atoms with Crippen molar-refractivity contribution in [3.05, 3.63) is 72.9 Å². The molecule has 0 N–H and O–H groups in total. The van der Waals surface area contributed by atoms with Gasteiger partial charge in [-0.05, 0) is 89.9 Å². The molecule has 1 unspecified atom stereocenters. The van der Waals surface area contributed by atoms with Crippen LogP contribution in [0.3, 0.4) is 0 Å². The van der Waals surface area contributed by atoms with E-state index in [0.717, 1.165) is 103 Å². The predicted molar refractivity (Wildman–Crippen MR) is 307 cm³/mol. The summed E-state index contributed by atoms with van der Waals surface area (Å²) in [6, 6.07) is 0. The van der Waals surface area contributed by atoms with Crippen molar-refractivity contribution >= 4 is 17.9 Å². The zero-order valence-corrected chi connectivity index (χ0v) is 47.0. The Hall–Kier alpha value is -3.15. The third kappa shape index (κ3) is 57.6. The molecule has 0 aromatic rings.